The number of nitrogens with two attached hydrogens (primary N) is 1. The van der Waals surface area contributed by atoms with Gasteiger partial charge < -0.3 is 21.5 Å². The molecule has 0 aliphatic heterocycles. The van der Waals surface area contributed by atoms with Gasteiger partial charge in [0.1, 0.15) is 11.6 Å². The van der Waals surface area contributed by atoms with Crippen LogP contribution in [0.1, 0.15) is 18.5 Å². The Kier molecular flexibility index (Phi) is 4.27. The Labute approximate surface area is 121 Å². The Hall–Kier alpha value is -2.76. The lowest BCUT2D eigenvalue weighted by Crippen LogP contribution is -2.19. The van der Waals surface area contributed by atoms with Crippen LogP contribution in [0.5, 0.6) is 5.75 Å². The van der Waals surface area contributed by atoms with Crippen LogP contribution in [0.3, 0.4) is 0 Å². The summed E-state index contributed by atoms with van der Waals surface area (Å²) in [5, 5.41) is 15.4. The highest BCUT2D eigenvalue weighted by molar-refractivity contribution is 5.88. The van der Waals surface area contributed by atoms with Gasteiger partial charge in [-0.25, -0.2) is 9.18 Å². The smallest absolute Gasteiger partial charge is 0.316 e. The fourth-order valence-corrected chi connectivity index (χ4v) is 2.04. The number of phenols is 1. The fourth-order valence-electron chi connectivity index (χ4n) is 2.04. The van der Waals surface area contributed by atoms with Crippen LogP contribution in [-0.4, -0.2) is 11.1 Å². The zero-order valence-electron chi connectivity index (χ0n) is 11.4. The van der Waals surface area contributed by atoms with E-state index in [-0.39, 0.29) is 11.8 Å². The molecule has 0 heterocycles. The van der Waals surface area contributed by atoms with E-state index >= 15 is 0 Å². The van der Waals surface area contributed by atoms with Crippen molar-refractivity contribution in [1.82, 2.24) is 0 Å². The second kappa shape index (κ2) is 6.13. The average Bonchev–Trinajstić information content (AvgIpc) is 2.37. The first-order valence-electron chi connectivity index (χ1n) is 6.37. The van der Waals surface area contributed by atoms with Gasteiger partial charge >= 0.3 is 6.03 Å². The summed E-state index contributed by atoms with van der Waals surface area (Å²) < 4.78 is 13.0. The Balaban J connectivity index is 2.15. The van der Waals surface area contributed by atoms with Gasteiger partial charge in [-0.15, -0.1) is 0 Å². The summed E-state index contributed by atoms with van der Waals surface area (Å²) in [5.41, 5.74) is 6.93. The molecule has 0 aromatic heterocycles. The summed E-state index contributed by atoms with van der Waals surface area (Å²) in [5.74, 6) is -0.600. The van der Waals surface area contributed by atoms with Gasteiger partial charge in [0, 0.05) is 23.0 Å². The molecular weight excluding hydrogens is 273 g/mol. The van der Waals surface area contributed by atoms with Crippen LogP contribution >= 0.6 is 0 Å². The van der Waals surface area contributed by atoms with Gasteiger partial charge in [-0.3, -0.25) is 0 Å². The van der Waals surface area contributed by atoms with Crippen molar-refractivity contribution < 1.29 is 14.3 Å². The molecule has 0 saturated carbocycles. The predicted molar refractivity (Wildman–Crippen MR) is 79.8 cm³/mol. The predicted octanol–water partition coefficient (Wildman–Crippen LogP) is 3.20. The second-order valence-corrected chi connectivity index (χ2v) is 4.64. The maximum Gasteiger partial charge on any atom is 0.316 e. The summed E-state index contributed by atoms with van der Waals surface area (Å²) in [6.07, 6.45) is 0. The Morgan fingerprint density at radius 2 is 1.95 bits per heavy atom. The number of benzene rings is 2. The van der Waals surface area contributed by atoms with Crippen LogP contribution in [0.4, 0.5) is 20.6 Å². The number of hydrogen-bond acceptors (Lipinski definition) is 3. The molecule has 0 aliphatic rings. The maximum absolute atomic E-state index is 13.0. The molecule has 2 aromatic carbocycles. The van der Waals surface area contributed by atoms with Crippen LogP contribution in [0.25, 0.3) is 0 Å². The zero-order chi connectivity index (χ0) is 15.4. The zero-order valence-corrected chi connectivity index (χ0v) is 11.4. The number of nitrogens with one attached hydrogen (secondary N) is 2. The van der Waals surface area contributed by atoms with Crippen LogP contribution in [0.2, 0.25) is 0 Å². The molecule has 2 rings (SSSR count). The number of amides is 2. The number of aromatic hydroxyl groups is 1. The third-order valence-electron chi connectivity index (χ3n) is 2.97. The van der Waals surface area contributed by atoms with Gasteiger partial charge in [-0.05, 0) is 31.2 Å². The van der Waals surface area contributed by atoms with Crippen molar-refractivity contribution in [1.29, 1.82) is 0 Å². The molecule has 5 nitrogen and oxygen atoms in total. The number of anilines is 2. The number of phenolic OH excluding ortho intramolecular Hbond substituents is 1. The lowest BCUT2D eigenvalue weighted by atomic mass is 10.1. The number of hydrogen-bond donors (Lipinski definition) is 4. The number of halogens is 1. The molecule has 1 atom stereocenters. The molecule has 21 heavy (non-hydrogen) atoms. The first kappa shape index (κ1) is 14.6. The van der Waals surface area contributed by atoms with E-state index in [1.807, 2.05) is 13.0 Å². The van der Waals surface area contributed by atoms with Crippen LogP contribution in [-0.2, 0) is 0 Å². The highest BCUT2D eigenvalue weighted by Crippen LogP contribution is 2.28. The first-order chi connectivity index (χ1) is 9.95. The third-order valence-corrected chi connectivity index (χ3v) is 2.97. The number of primary amides is 1. The maximum atomic E-state index is 13.0. The van der Waals surface area contributed by atoms with Crippen molar-refractivity contribution in [2.75, 3.05) is 10.6 Å². The number of carbonyl (C=O) groups is 1. The molecule has 1 unspecified atom stereocenters. The minimum absolute atomic E-state index is 0.110. The molecule has 2 aromatic rings. The minimum atomic E-state index is -0.642. The highest BCUT2D eigenvalue weighted by atomic mass is 19.1. The molecule has 0 saturated heterocycles. The second-order valence-electron chi connectivity index (χ2n) is 4.64. The summed E-state index contributed by atoms with van der Waals surface area (Å²) in [4.78, 5) is 10.8. The van der Waals surface area contributed by atoms with Crippen molar-refractivity contribution in [2.45, 2.75) is 13.0 Å². The lowest BCUT2D eigenvalue weighted by molar-refractivity contribution is 0.259. The van der Waals surface area contributed by atoms with Crippen molar-refractivity contribution >= 4 is 17.4 Å². The van der Waals surface area contributed by atoms with Gasteiger partial charge in [-0.2, -0.15) is 0 Å². The molecule has 5 N–H and O–H groups in total. The molecule has 0 radical (unpaired) electrons. The number of rotatable bonds is 4. The van der Waals surface area contributed by atoms with Crippen LogP contribution < -0.4 is 16.4 Å². The van der Waals surface area contributed by atoms with E-state index in [1.165, 1.54) is 12.1 Å². The molecule has 0 bridgehead atoms. The summed E-state index contributed by atoms with van der Waals surface area (Å²) in [6.45, 7) is 1.83. The number of urea groups is 1. The molecule has 0 spiro atoms. The minimum Gasteiger partial charge on any atom is -0.507 e. The summed E-state index contributed by atoms with van der Waals surface area (Å²) in [7, 11) is 0. The average molecular weight is 289 g/mol. The SMILES string of the molecule is CC(Nc1cccc(NC(N)=O)c1)c1ccc(F)cc1O. The Morgan fingerprint density at radius 3 is 2.62 bits per heavy atom. The lowest BCUT2D eigenvalue weighted by Gasteiger charge is -2.17. The Morgan fingerprint density at radius 1 is 1.24 bits per heavy atom. The number of carbonyl (C=O) groups excluding carboxylic acids is 1. The molecule has 0 fully saturated rings. The molecule has 2 amide bonds. The van der Waals surface area contributed by atoms with Gasteiger partial charge in [0.15, 0.2) is 0 Å². The quantitative estimate of drug-likeness (QED) is 0.697. The van der Waals surface area contributed by atoms with Crippen LogP contribution in [0.15, 0.2) is 42.5 Å². The fraction of sp³-hybridized carbons (Fsp3) is 0.133. The van der Waals surface area contributed by atoms with E-state index in [0.29, 0.717) is 11.3 Å². The molecule has 6 heteroatoms. The monoisotopic (exact) mass is 289 g/mol. The normalized spacial score (nSPS) is 11.7. The standard InChI is InChI=1S/C15H16FN3O2/c1-9(13-6-5-10(16)7-14(13)20)18-11-3-2-4-12(8-11)19-15(17)21/h2-9,18,20H,1H3,(H3,17,19,21). The van der Waals surface area contributed by atoms with Crippen molar-refractivity contribution in [3.05, 3.63) is 53.8 Å². The third kappa shape index (κ3) is 3.85. The van der Waals surface area contributed by atoms with Gasteiger partial charge in [-0.1, -0.05) is 12.1 Å². The van der Waals surface area contributed by atoms with E-state index in [4.69, 9.17) is 5.73 Å². The largest absolute Gasteiger partial charge is 0.507 e. The molecule has 110 valence electrons. The topological polar surface area (TPSA) is 87.4 Å². The summed E-state index contributed by atoms with van der Waals surface area (Å²) in [6, 6.07) is 9.97. The van der Waals surface area contributed by atoms with Crippen molar-refractivity contribution in [2.24, 2.45) is 5.73 Å². The molecular formula is C15H16FN3O2. The van der Waals surface area contributed by atoms with E-state index in [1.54, 1.807) is 18.2 Å². The van der Waals surface area contributed by atoms with E-state index in [9.17, 15) is 14.3 Å². The van der Waals surface area contributed by atoms with Crippen molar-refractivity contribution in [3.8, 4) is 5.75 Å². The van der Waals surface area contributed by atoms with Gasteiger partial charge in [0.25, 0.3) is 0 Å². The van der Waals surface area contributed by atoms with Gasteiger partial charge in [0.05, 0.1) is 6.04 Å². The highest BCUT2D eigenvalue weighted by Gasteiger charge is 2.11. The summed E-state index contributed by atoms with van der Waals surface area (Å²) >= 11 is 0. The van der Waals surface area contributed by atoms with E-state index < -0.39 is 11.8 Å². The Bertz CT molecular complexity index is 661. The van der Waals surface area contributed by atoms with Crippen molar-refractivity contribution in [3.63, 3.8) is 0 Å². The van der Waals surface area contributed by atoms with E-state index in [0.717, 1.165) is 11.8 Å². The van der Waals surface area contributed by atoms with Crippen LogP contribution in [0, 0.1) is 5.82 Å². The first-order valence-corrected chi connectivity index (χ1v) is 6.37. The van der Waals surface area contributed by atoms with Gasteiger partial charge in [0.2, 0.25) is 0 Å². The van der Waals surface area contributed by atoms with E-state index in [2.05, 4.69) is 10.6 Å². The molecule has 0 aliphatic carbocycles.